The number of amides is 1. The second kappa shape index (κ2) is 10.0. The molecular weight excluding hydrogens is 456 g/mol. The molecule has 0 fully saturated rings. The number of carbonyl (C=O) groups is 1. The van der Waals surface area contributed by atoms with E-state index in [0.717, 1.165) is 11.3 Å². The third-order valence-electron chi connectivity index (χ3n) is 4.94. The van der Waals surface area contributed by atoms with Gasteiger partial charge in [0, 0.05) is 0 Å². The smallest absolute Gasteiger partial charge is 0.283 e. The molecule has 4 rings (SSSR count). The number of ether oxygens (including phenoxy) is 4. The first-order valence-corrected chi connectivity index (χ1v) is 11.3. The van der Waals surface area contributed by atoms with E-state index >= 15 is 0 Å². The van der Waals surface area contributed by atoms with Crippen molar-refractivity contribution in [2.24, 2.45) is 10.1 Å². The van der Waals surface area contributed by atoms with E-state index in [1.54, 1.807) is 25.1 Å². The van der Waals surface area contributed by atoms with E-state index in [-0.39, 0.29) is 18.0 Å². The van der Waals surface area contributed by atoms with Crippen LogP contribution in [0.3, 0.4) is 0 Å². The third kappa shape index (κ3) is 4.91. The maximum absolute atomic E-state index is 12.6. The number of hydrazone groups is 1. The highest BCUT2D eigenvalue weighted by molar-refractivity contribution is 8.26. The summed E-state index contributed by atoms with van der Waals surface area (Å²) in [5, 5.41) is 15.1. The summed E-state index contributed by atoms with van der Waals surface area (Å²) < 4.78 is 22.7. The van der Waals surface area contributed by atoms with E-state index in [4.69, 9.17) is 24.4 Å². The van der Waals surface area contributed by atoms with Gasteiger partial charge in [-0.3, -0.25) is 10.2 Å². The molecule has 2 aliphatic rings. The largest absolute Gasteiger partial charge is 0.493 e. The lowest BCUT2D eigenvalue weighted by molar-refractivity contribution is -0.114. The zero-order valence-corrected chi connectivity index (χ0v) is 20.1. The second-order valence-electron chi connectivity index (χ2n) is 7.41. The van der Waals surface area contributed by atoms with Gasteiger partial charge in [-0.2, -0.15) is 15.1 Å². The number of rotatable bonds is 8. The van der Waals surface area contributed by atoms with E-state index in [1.807, 2.05) is 31.2 Å². The van der Waals surface area contributed by atoms with Crippen LogP contribution in [0.15, 0.2) is 52.1 Å². The second-order valence-corrected chi connectivity index (χ2v) is 8.57. The molecule has 1 amide bonds. The fourth-order valence-electron chi connectivity index (χ4n) is 3.39. The summed E-state index contributed by atoms with van der Waals surface area (Å²) in [6.45, 7) is 4.40. The van der Waals surface area contributed by atoms with Crippen LogP contribution in [-0.4, -0.2) is 54.4 Å². The number of benzene rings is 2. The van der Waals surface area contributed by atoms with E-state index in [0.29, 0.717) is 39.6 Å². The van der Waals surface area contributed by atoms with Crippen molar-refractivity contribution in [1.82, 2.24) is 5.01 Å². The molecule has 1 N–H and O–H groups in total. The minimum atomic E-state index is -0.500. The molecular formula is C24H24N4O5S. The fourth-order valence-corrected chi connectivity index (χ4v) is 4.12. The van der Waals surface area contributed by atoms with Gasteiger partial charge in [-0.15, -0.1) is 0 Å². The number of hydrogen-bond donors (Lipinski definition) is 1. The summed E-state index contributed by atoms with van der Waals surface area (Å²) in [5.74, 6) is 1.50. The van der Waals surface area contributed by atoms with Crippen LogP contribution >= 0.6 is 11.8 Å². The number of fused-ring (bicyclic) bond motifs is 1. The highest BCUT2D eigenvalue weighted by Crippen LogP contribution is 2.39. The number of hydrogen-bond acceptors (Lipinski definition) is 8. The number of aliphatic imine (C=N–C) groups is 1. The SMILES string of the molecule is COc1cc(/C=C2/C(=N)N3N=C(C)SC3=NC2=O)cc(OC)c1OCCOc1cccc(C)c1. The van der Waals surface area contributed by atoms with Gasteiger partial charge in [-0.05, 0) is 67.1 Å². The van der Waals surface area contributed by atoms with E-state index in [1.165, 1.54) is 31.0 Å². The molecule has 176 valence electrons. The zero-order valence-electron chi connectivity index (χ0n) is 19.2. The molecule has 0 unspecified atom stereocenters. The summed E-state index contributed by atoms with van der Waals surface area (Å²) in [6, 6.07) is 11.2. The third-order valence-corrected chi connectivity index (χ3v) is 5.76. The first-order valence-electron chi connectivity index (χ1n) is 10.4. The molecule has 0 saturated carbocycles. The van der Waals surface area contributed by atoms with Crippen molar-refractivity contribution in [2.75, 3.05) is 27.4 Å². The van der Waals surface area contributed by atoms with Crippen molar-refractivity contribution >= 4 is 39.8 Å². The molecule has 0 aromatic heterocycles. The number of carbonyl (C=O) groups excluding carboxylic acids is 1. The molecule has 10 heteroatoms. The molecule has 34 heavy (non-hydrogen) atoms. The van der Waals surface area contributed by atoms with Crippen LogP contribution < -0.4 is 18.9 Å². The molecule has 0 radical (unpaired) electrons. The average molecular weight is 481 g/mol. The highest BCUT2D eigenvalue weighted by atomic mass is 32.2. The molecule has 2 heterocycles. The van der Waals surface area contributed by atoms with Crippen LogP contribution in [0.4, 0.5) is 0 Å². The Bertz CT molecular complexity index is 1210. The molecule has 0 atom stereocenters. The molecule has 0 bridgehead atoms. The van der Waals surface area contributed by atoms with Crippen LogP contribution in [0.1, 0.15) is 18.1 Å². The number of nitrogens with one attached hydrogen (secondary N) is 1. The number of nitrogens with zero attached hydrogens (tertiary/aromatic N) is 3. The summed E-state index contributed by atoms with van der Waals surface area (Å²) in [4.78, 5) is 16.6. The number of amidine groups is 2. The van der Waals surface area contributed by atoms with Gasteiger partial charge in [-0.1, -0.05) is 12.1 Å². The van der Waals surface area contributed by atoms with Gasteiger partial charge in [0.05, 0.1) is 24.8 Å². The average Bonchev–Trinajstić information content (AvgIpc) is 3.19. The predicted molar refractivity (Wildman–Crippen MR) is 132 cm³/mol. The van der Waals surface area contributed by atoms with Gasteiger partial charge >= 0.3 is 0 Å². The summed E-state index contributed by atoms with van der Waals surface area (Å²) in [5.41, 5.74) is 1.83. The summed E-state index contributed by atoms with van der Waals surface area (Å²) in [7, 11) is 3.04. The van der Waals surface area contributed by atoms with Crippen molar-refractivity contribution < 1.29 is 23.7 Å². The van der Waals surface area contributed by atoms with Crippen molar-refractivity contribution in [1.29, 1.82) is 5.41 Å². The van der Waals surface area contributed by atoms with Gasteiger partial charge in [0.15, 0.2) is 17.3 Å². The monoisotopic (exact) mass is 480 g/mol. The van der Waals surface area contributed by atoms with Crippen LogP contribution in [-0.2, 0) is 4.79 Å². The standard InChI is InChI=1S/C24H24N4O5S/c1-14-6-5-7-17(10-14)32-8-9-33-21-19(30-3)12-16(13-20(21)31-4)11-18-22(25)28-24(26-23(18)29)34-15(2)27-28/h5-7,10-13,25H,8-9H2,1-4H3/b18-11-,25-22?. The van der Waals surface area contributed by atoms with E-state index in [2.05, 4.69) is 10.1 Å². The Kier molecular flexibility index (Phi) is 6.87. The van der Waals surface area contributed by atoms with Crippen LogP contribution in [0, 0.1) is 12.3 Å². The topological polar surface area (TPSA) is 106 Å². The first-order chi connectivity index (χ1) is 16.4. The van der Waals surface area contributed by atoms with Gasteiger partial charge in [0.1, 0.15) is 19.0 Å². The minimum Gasteiger partial charge on any atom is -0.493 e. The Balaban J connectivity index is 1.53. The summed E-state index contributed by atoms with van der Waals surface area (Å²) >= 11 is 1.26. The van der Waals surface area contributed by atoms with Gasteiger partial charge in [-0.25, -0.2) is 0 Å². The lowest BCUT2D eigenvalue weighted by Crippen LogP contribution is -2.35. The Hall–Kier alpha value is -3.79. The van der Waals surface area contributed by atoms with E-state index < -0.39 is 5.91 Å². The maximum Gasteiger partial charge on any atom is 0.283 e. The molecule has 0 spiro atoms. The van der Waals surface area contributed by atoms with Crippen molar-refractivity contribution in [2.45, 2.75) is 13.8 Å². The lowest BCUT2D eigenvalue weighted by atomic mass is 10.1. The maximum atomic E-state index is 12.6. The molecule has 2 aliphatic heterocycles. The van der Waals surface area contributed by atoms with E-state index in [9.17, 15) is 4.79 Å². The number of aryl methyl sites for hydroxylation is 1. The van der Waals surface area contributed by atoms with Crippen LogP contribution in [0.25, 0.3) is 6.08 Å². The van der Waals surface area contributed by atoms with Crippen LogP contribution in [0.5, 0.6) is 23.0 Å². The molecule has 2 aromatic carbocycles. The highest BCUT2D eigenvalue weighted by Gasteiger charge is 2.34. The minimum absolute atomic E-state index is 0.0362. The molecule has 9 nitrogen and oxygen atoms in total. The quantitative estimate of drug-likeness (QED) is 0.448. The van der Waals surface area contributed by atoms with Crippen molar-refractivity contribution in [3.05, 3.63) is 53.1 Å². The zero-order chi connectivity index (χ0) is 24.2. The molecule has 0 aliphatic carbocycles. The van der Waals surface area contributed by atoms with Gasteiger partial charge in [0.25, 0.3) is 5.91 Å². The summed E-state index contributed by atoms with van der Waals surface area (Å²) in [6.07, 6.45) is 1.56. The first kappa shape index (κ1) is 23.4. The molecule has 2 aromatic rings. The van der Waals surface area contributed by atoms with Crippen LogP contribution in [0.2, 0.25) is 0 Å². The number of thioether (sulfide) groups is 1. The fraction of sp³-hybridized carbons (Fsp3) is 0.250. The van der Waals surface area contributed by atoms with Gasteiger partial charge in [0.2, 0.25) is 10.9 Å². The Morgan fingerprint density at radius 3 is 2.44 bits per heavy atom. The van der Waals surface area contributed by atoms with Crippen molar-refractivity contribution in [3.63, 3.8) is 0 Å². The number of methoxy groups -OCH3 is 2. The molecule has 0 saturated heterocycles. The lowest BCUT2D eigenvalue weighted by Gasteiger charge is -2.20. The predicted octanol–water partition coefficient (Wildman–Crippen LogP) is 4.11. The van der Waals surface area contributed by atoms with Crippen molar-refractivity contribution in [3.8, 4) is 23.0 Å². The van der Waals surface area contributed by atoms with Gasteiger partial charge < -0.3 is 18.9 Å². The normalized spacial score (nSPS) is 16.2. The Morgan fingerprint density at radius 2 is 1.76 bits per heavy atom. The Labute approximate surface area is 201 Å². The Morgan fingerprint density at radius 1 is 1.06 bits per heavy atom.